The Hall–Kier alpha value is -1.31. The van der Waals surface area contributed by atoms with E-state index in [0.717, 1.165) is 5.69 Å². The summed E-state index contributed by atoms with van der Waals surface area (Å²) in [7, 11) is 0. The van der Waals surface area contributed by atoms with Crippen LogP contribution in [-0.2, 0) is 4.79 Å². The van der Waals surface area contributed by atoms with Gasteiger partial charge in [0.05, 0.1) is 0 Å². The lowest BCUT2D eigenvalue weighted by atomic mass is 10.1. The number of carbonyl (C=O) groups excluding carboxylic acids is 1. The molecule has 1 fully saturated rings. The van der Waals surface area contributed by atoms with E-state index in [2.05, 4.69) is 6.92 Å². The van der Waals surface area contributed by atoms with E-state index in [-0.39, 0.29) is 5.91 Å². The first kappa shape index (κ1) is 10.2. The van der Waals surface area contributed by atoms with E-state index in [1.165, 1.54) is 12.8 Å². The fourth-order valence-corrected chi connectivity index (χ4v) is 2.08. The summed E-state index contributed by atoms with van der Waals surface area (Å²) in [5.74, 6) is 0.842. The Balaban J connectivity index is 2.23. The predicted octanol–water partition coefficient (Wildman–Crippen LogP) is 2.84. The van der Waals surface area contributed by atoms with Crippen molar-refractivity contribution in [2.24, 2.45) is 5.92 Å². The molecule has 0 saturated heterocycles. The molecule has 1 amide bonds. The number of nitrogens with zero attached hydrogens (tertiary/aromatic N) is 1. The highest BCUT2D eigenvalue weighted by Crippen LogP contribution is 2.36. The minimum Gasteiger partial charge on any atom is -0.310 e. The normalized spacial score (nSPS) is 17.2. The number of amides is 1. The van der Waals surface area contributed by atoms with E-state index in [9.17, 15) is 4.79 Å². The second-order valence-electron chi connectivity index (χ2n) is 4.30. The number of anilines is 1. The van der Waals surface area contributed by atoms with Crippen molar-refractivity contribution in [2.45, 2.75) is 32.7 Å². The first-order chi connectivity index (χ1) is 7.20. The Morgan fingerprint density at radius 1 is 1.33 bits per heavy atom. The Labute approximate surface area is 90.9 Å². The number of benzene rings is 1. The molecule has 2 rings (SSSR count). The summed E-state index contributed by atoms with van der Waals surface area (Å²) in [6, 6.07) is 10.3. The lowest BCUT2D eigenvalue weighted by Gasteiger charge is -2.28. The summed E-state index contributed by atoms with van der Waals surface area (Å²) < 4.78 is 0. The molecular weight excluding hydrogens is 186 g/mol. The highest BCUT2D eigenvalue weighted by atomic mass is 16.2. The predicted molar refractivity (Wildman–Crippen MR) is 61.8 cm³/mol. The van der Waals surface area contributed by atoms with Crippen LogP contribution in [0.5, 0.6) is 0 Å². The third kappa shape index (κ3) is 2.20. The maximum Gasteiger partial charge on any atom is 0.224 e. The van der Waals surface area contributed by atoms with Gasteiger partial charge in [0.25, 0.3) is 0 Å². The van der Waals surface area contributed by atoms with Gasteiger partial charge in [-0.1, -0.05) is 18.2 Å². The smallest absolute Gasteiger partial charge is 0.224 e. The second-order valence-corrected chi connectivity index (χ2v) is 4.30. The lowest BCUT2D eigenvalue weighted by Crippen LogP contribution is -2.38. The Kier molecular flexibility index (Phi) is 2.76. The van der Waals surface area contributed by atoms with Crippen LogP contribution in [0, 0.1) is 5.92 Å². The molecular formula is C13H17NO. The summed E-state index contributed by atoms with van der Waals surface area (Å²) in [5.41, 5.74) is 1.02. The third-order valence-corrected chi connectivity index (χ3v) is 3.09. The first-order valence-electron chi connectivity index (χ1n) is 5.55. The minimum atomic E-state index is 0.139. The molecule has 1 aliphatic carbocycles. The number of hydrogen-bond acceptors (Lipinski definition) is 1. The molecule has 0 aliphatic heterocycles. The van der Waals surface area contributed by atoms with Gasteiger partial charge in [0.15, 0.2) is 0 Å². The van der Waals surface area contributed by atoms with E-state index in [1.54, 1.807) is 6.92 Å². The van der Waals surface area contributed by atoms with Crippen LogP contribution in [0.15, 0.2) is 30.3 Å². The number of hydrogen-bond donors (Lipinski definition) is 0. The zero-order valence-corrected chi connectivity index (χ0v) is 9.31. The molecule has 0 aromatic heterocycles. The van der Waals surface area contributed by atoms with Gasteiger partial charge in [-0.15, -0.1) is 0 Å². The van der Waals surface area contributed by atoms with Crippen molar-refractivity contribution in [1.29, 1.82) is 0 Å². The third-order valence-electron chi connectivity index (χ3n) is 3.09. The van der Waals surface area contributed by atoms with Gasteiger partial charge in [0, 0.05) is 18.7 Å². The van der Waals surface area contributed by atoms with Crippen LogP contribution in [0.3, 0.4) is 0 Å². The van der Waals surface area contributed by atoms with Crippen LogP contribution in [-0.4, -0.2) is 11.9 Å². The SMILES string of the molecule is CC(=O)N(c1ccccc1)[C@H](C)C1CC1. The molecule has 0 heterocycles. The minimum absolute atomic E-state index is 0.139. The van der Waals surface area contributed by atoms with Gasteiger partial charge in [0.2, 0.25) is 5.91 Å². The van der Waals surface area contributed by atoms with Gasteiger partial charge >= 0.3 is 0 Å². The van der Waals surface area contributed by atoms with Crippen molar-refractivity contribution < 1.29 is 4.79 Å². The zero-order valence-electron chi connectivity index (χ0n) is 9.31. The van der Waals surface area contributed by atoms with Crippen LogP contribution < -0.4 is 4.90 Å². The quantitative estimate of drug-likeness (QED) is 0.739. The van der Waals surface area contributed by atoms with Crippen molar-refractivity contribution in [2.75, 3.05) is 4.90 Å². The zero-order chi connectivity index (χ0) is 10.8. The summed E-state index contributed by atoms with van der Waals surface area (Å²) >= 11 is 0. The van der Waals surface area contributed by atoms with Crippen molar-refractivity contribution in [3.05, 3.63) is 30.3 Å². The van der Waals surface area contributed by atoms with Gasteiger partial charge in [-0.05, 0) is 37.8 Å². The molecule has 0 radical (unpaired) electrons. The van der Waals surface area contributed by atoms with E-state index < -0.39 is 0 Å². The molecule has 0 N–H and O–H groups in total. The highest BCUT2D eigenvalue weighted by molar-refractivity contribution is 5.92. The number of carbonyl (C=O) groups is 1. The van der Waals surface area contributed by atoms with Crippen LogP contribution in [0.4, 0.5) is 5.69 Å². The van der Waals surface area contributed by atoms with E-state index in [4.69, 9.17) is 0 Å². The molecule has 1 aromatic rings. The molecule has 0 spiro atoms. The lowest BCUT2D eigenvalue weighted by molar-refractivity contribution is -0.117. The highest BCUT2D eigenvalue weighted by Gasteiger charge is 2.33. The fourth-order valence-electron chi connectivity index (χ4n) is 2.08. The largest absolute Gasteiger partial charge is 0.310 e. The first-order valence-corrected chi connectivity index (χ1v) is 5.55. The Bertz CT molecular complexity index is 343. The van der Waals surface area contributed by atoms with E-state index >= 15 is 0 Å². The summed E-state index contributed by atoms with van der Waals surface area (Å²) in [5, 5.41) is 0. The maximum atomic E-state index is 11.6. The molecule has 0 unspecified atom stereocenters. The van der Waals surface area contributed by atoms with Gasteiger partial charge in [-0.2, -0.15) is 0 Å². The number of para-hydroxylation sites is 1. The molecule has 1 aliphatic rings. The van der Waals surface area contributed by atoms with Gasteiger partial charge in [0.1, 0.15) is 0 Å². The fraction of sp³-hybridized carbons (Fsp3) is 0.462. The topological polar surface area (TPSA) is 20.3 Å². The summed E-state index contributed by atoms with van der Waals surface area (Å²) in [6.07, 6.45) is 2.52. The van der Waals surface area contributed by atoms with Gasteiger partial charge < -0.3 is 4.90 Å². The summed E-state index contributed by atoms with van der Waals surface area (Å²) in [6.45, 7) is 3.79. The Morgan fingerprint density at radius 2 is 1.93 bits per heavy atom. The molecule has 0 bridgehead atoms. The van der Waals surface area contributed by atoms with Crippen molar-refractivity contribution >= 4 is 11.6 Å². The molecule has 15 heavy (non-hydrogen) atoms. The molecule has 1 saturated carbocycles. The van der Waals surface area contributed by atoms with E-state index in [1.807, 2.05) is 35.2 Å². The van der Waals surface area contributed by atoms with Gasteiger partial charge in [-0.25, -0.2) is 0 Å². The monoisotopic (exact) mass is 203 g/mol. The van der Waals surface area contributed by atoms with Crippen LogP contribution in [0.25, 0.3) is 0 Å². The summed E-state index contributed by atoms with van der Waals surface area (Å²) in [4.78, 5) is 13.6. The van der Waals surface area contributed by atoms with E-state index in [0.29, 0.717) is 12.0 Å². The standard InChI is InChI=1S/C13H17NO/c1-10(12-8-9-12)14(11(2)15)13-6-4-3-5-7-13/h3-7,10,12H,8-9H2,1-2H3/t10-/m1/s1. The van der Waals surface area contributed by atoms with Crippen molar-refractivity contribution in [3.8, 4) is 0 Å². The maximum absolute atomic E-state index is 11.6. The van der Waals surface area contributed by atoms with Crippen molar-refractivity contribution in [3.63, 3.8) is 0 Å². The van der Waals surface area contributed by atoms with Crippen LogP contribution >= 0.6 is 0 Å². The molecule has 2 heteroatoms. The van der Waals surface area contributed by atoms with Crippen molar-refractivity contribution in [1.82, 2.24) is 0 Å². The van der Waals surface area contributed by atoms with Crippen LogP contribution in [0.1, 0.15) is 26.7 Å². The van der Waals surface area contributed by atoms with Crippen LogP contribution in [0.2, 0.25) is 0 Å². The van der Waals surface area contributed by atoms with Gasteiger partial charge in [-0.3, -0.25) is 4.79 Å². The molecule has 1 aromatic carbocycles. The second kappa shape index (κ2) is 4.05. The average Bonchev–Trinajstić information content (AvgIpc) is 3.02. The number of rotatable bonds is 3. The molecule has 80 valence electrons. The molecule has 1 atom stereocenters. The molecule has 2 nitrogen and oxygen atoms in total. The Morgan fingerprint density at radius 3 is 2.40 bits per heavy atom. The average molecular weight is 203 g/mol.